The van der Waals surface area contributed by atoms with E-state index in [1.807, 2.05) is 4.90 Å². The number of benzene rings is 1. The largest absolute Gasteiger partial charge is 0.367 e. The lowest BCUT2D eigenvalue weighted by Crippen LogP contribution is -2.39. The van der Waals surface area contributed by atoms with Crippen LogP contribution in [0.25, 0.3) is 0 Å². The maximum Gasteiger partial charge on any atom is 0.256 e. The lowest BCUT2D eigenvalue weighted by atomic mass is 10.1. The standard InChI is InChI=1S/C14H17Cl2NO2/c1-19-13(11-9-10(15)5-6-12(11)16)14(18)17-7-3-2-4-8-17/h5-6,9,13H,2-4,7-8H2,1H3. The molecule has 0 bridgehead atoms. The van der Waals surface area contributed by atoms with Gasteiger partial charge in [0, 0.05) is 35.8 Å². The van der Waals surface area contributed by atoms with Crippen LogP contribution in [-0.2, 0) is 9.53 Å². The topological polar surface area (TPSA) is 29.5 Å². The normalized spacial score (nSPS) is 17.3. The number of carbonyl (C=O) groups is 1. The number of hydrogen-bond acceptors (Lipinski definition) is 2. The van der Waals surface area contributed by atoms with Crippen molar-refractivity contribution in [2.75, 3.05) is 20.2 Å². The summed E-state index contributed by atoms with van der Waals surface area (Å²) in [7, 11) is 1.52. The molecule has 19 heavy (non-hydrogen) atoms. The minimum absolute atomic E-state index is 0.0358. The Morgan fingerprint density at radius 1 is 1.26 bits per heavy atom. The Morgan fingerprint density at radius 3 is 2.58 bits per heavy atom. The summed E-state index contributed by atoms with van der Waals surface area (Å²) in [5.41, 5.74) is 0.632. The summed E-state index contributed by atoms with van der Waals surface area (Å²) in [6, 6.07) is 5.08. The Bertz CT molecular complexity index is 459. The fourth-order valence-electron chi connectivity index (χ4n) is 2.36. The number of halogens is 2. The number of methoxy groups -OCH3 is 1. The molecule has 0 N–H and O–H groups in total. The van der Waals surface area contributed by atoms with E-state index in [0.717, 1.165) is 25.9 Å². The van der Waals surface area contributed by atoms with Crippen molar-refractivity contribution in [2.45, 2.75) is 25.4 Å². The van der Waals surface area contributed by atoms with E-state index in [-0.39, 0.29) is 5.91 Å². The molecule has 1 saturated heterocycles. The molecule has 1 atom stereocenters. The van der Waals surface area contributed by atoms with Crippen LogP contribution in [0.1, 0.15) is 30.9 Å². The summed E-state index contributed by atoms with van der Waals surface area (Å²) in [5, 5.41) is 1.05. The first-order valence-electron chi connectivity index (χ1n) is 6.40. The Hall–Kier alpha value is -0.770. The third-order valence-electron chi connectivity index (χ3n) is 3.37. The van der Waals surface area contributed by atoms with E-state index >= 15 is 0 Å². The Balaban J connectivity index is 2.23. The van der Waals surface area contributed by atoms with Crippen LogP contribution in [-0.4, -0.2) is 31.0 Å². The van der Waals surface area contributed by atoms with Crippen molar-refractivity contribution in [2.24, 2.45) is 0 Å². The lowest BCUT2D eigenvalue weighted by molar-refractivity contribution is -0.143. The second kappa shape index (κ2) is 6.60. The van der Waals surface area contributed by atoms with Gasteiger partial charge in [-0.3, -0.25) is 4.79 Å². The van der Waals surface area contributed by atoms with Gasteiger partial charge in [0.25, 0.3) is 5.91 Å². The van der Waals surface area contributed by atoms with Gasteiger partial charge in [0.1, 0.15) is 0 Å². The first kappa shape index (κ1) is 14.6. The first-order valence-corrected chi connectivity index (χ1v) is 7.15. The van der Waals surface area contributed by atoms with E-state index < -0.39 is 6.10 Å². The van der Waals surface area contributed by atoms with Crippen molar-refractivity contribution in [3.8, 4) is 0 Å². The predicted molar refractivity (Wildman–Crippen MR) is 76.6 cm³/mol. The van der Waals surface area contributed by atoms with E-state index in [1.54, 1.807) is 18.2 Å². The number of carbonyl (C=O) groups excluding carboxylic acids is 1. The van der Waals surface area contributed by atoms with E-state index in [0.29, 0.717) is 15.6 Å². The number of ether oxygens (including phenoxy) is 1. The number of likely N-dealkylation sites (tertiary alicyclic amines) is 1. The van der Waals surface area contributed by atoms with Gasteiger partial charge in [-0.1, -0.05) is 23.2 Å². The fourth-order valence-corrected chi connectivity index (χ4v) is 2.75. The average Bonchev–Trinajstić information content (AvgIpc) is 2.44. The first-order chi connectivity index (χ1) is 9.13. The van der Waals surface area contributed by atoms with Crippen molar-refractivity contribution in [1.29, 1.82) is 0 Å². The van der Waals surface area contributed by atoms with Crippen LogP contribution in [0.4, 0.5) is 0 Å². The average molecular weight is 302 g/mol. The molecule has 0 saturated carbocycles. The van der Waals surface area contributed by atoms with Gasteiger partial charge in [-0.25, -0.2) is 0 Å². The van der Waals surface area contributed by atoms with Crippen molar-refractivity contribution in [1.82, 2.24) is 4.90 Å². The van der Waals surface area contributed by atoms with Gasteiger partial charge in [-0.05, 0) is 37.5 Å². The molecule has 0 spiro atoms. The molecule has 1 aliphatic heterocycles. The lowest BCUT2D eigenvalue weighted by Gasteiger charge is -2.30. The molecule has 1 aromatic carbocycles. The highest BCUT2D eigenvalue weighted by molar-refractivity contribution is 6.33. The number of piperidine rings is 1. The third-order valence-corrected chi connectivity index (χ3v) is 3.95. The third kappa shape index (κ3) is 3.41. The van der Waals surface area contributed by atoms with E-state index in [4.69, 9.17) is 27.9 Å². The van der Waals surface area contributed by atoms with Crippen molar-refractivity contribution < 1.29 is 9.53 Å². The monoisotopic (exact) mass is 301 g/mol. The van der Waals surface area contributed by atoms with Crippen LogP contribution < -0.4 is 0 Å². The summed E-state index contributed by atoms with van der Waals surface area (Å²) >= 11 is 12.1. The van der Waals surface area contributed by atoms with Crippen LogP contribution in [0.2, 0.25) is 10.0 Å². The maximum absolute atomic E-state index is 12.5. The fraction of sp³-hybridized carbons (Fsp3) is 0.500. The summed E-state index contributed by atoms with van der Waals surface area (Å²) in [6.07, 6.45) is 2.60. The van der Waals surface area contributed by atoms with E-state index in [9.17, 15) is 4.79 Å². The maximum atomic E-state index is 12.5. The molecule has 2 rings (SSSR count). The van der Waals surface area contributed by atoms with E-state index in [2.05, 4.69) is 0 Å². The molecule has 5 heteroatoms. The summed E-state index contributed by atoms with van der Waals surface area (Å²) in [5.74, 6) is -0.0358. The SMILES string of the molecule is COC(C(=O)N1CCCCC1)c1cc(Cl)ccc1Cl. The zero-order valence-corrected chi connectivity index (χ0v) is 12.4. The Labute approximate surface area is 123 Å². The van der Waals surface area contributed by atoms with Gasteiger partial charge in [0.05, 0.1) is 0 Å². The summed E-state index contributed by atoms with van der Waals surface area (Å²) in [6.45, 7) is 1.58. The highest BCUT2D eigenvalue weighted by atomic mass is 35.5. The highest BCUT2D eigenvalue weighted by Gasteiger charge is 2.28. The predicted octanol–water partition coefficient (Wildman–Crippen LogP) is 3.69. The van der Waals surface area contributed by atoms with Crippen molar-refractivity contribution >= 4 is 29.1 Å². The second-order valence-corrected chi connectivity index (χ2v) is 5.51. The number of rotatable bonds is 3. The van der Waals surface area contributed by atoms with Crippen molar-refractivity contribution in [3.05, 3.63) is 33.8 Å². The Morgan fingerprint density at radius 2 is 1.95 bits per heavy atom. The molecule has 1 amide bonds. The van der Waals surface area contributed by atoms with Crippen LogP contribution in [0.3, 0.4) is 0 Å². The molecular weight excluding hydrogens is 285 g/mol. The van der Waals surface area contributed by atoms with Gasteiger partial charge in [-0.2, -0.15) is 0 Å². The van der Waals surface area contributed by atoms with Crippen LogP contribution in [0.15, 0.2) is 18.2 Å². The van der Waals surface area contributed by atoms with E-state index in [1.165, 1.54) is 13.5 Å². The van der Waals surface area contributed by atoms with Gasteiger partial charge in [0.15, 0.2) is 6.10 Å². The molecule has 1 unspecified atom stereocenters. The molecule has 1 heterocycles. The van der Waals surface area contributed by atoms with Crippen LogP contribution in [0, 0.1) is 0 Å². The zero-order chi connectivity index (χ0) is 13.8. The van der Waals surface area contributed by atoms with Crippen LogP contribution in [0.5, 0.6) is 0 Å². The summed E-state index contributed by atoms with van der Waals surface area (Å²) < 4.78 is 5.35. The highest BCUT2D eigenvalue weighted by Crippen LogP contribution is 2.30. The summed E-state index contributed by atoms with van der Waals surface area (Å²) in [4.78, 5) is 14.3. The van der Waals surface area contributed by atoms with Crippen molar-refractivity contribution in [3.63, 3.8) is 0 Å². The molecule has 0 radical (unpaired) electrons. The minimum Gasteiger partial charge on any atom is -0.367 e. The van der Waals surface area contributed by atoms with Gasteiger partial charge < -0.3 is 9.64 Å². The van der Waals surface area contributed by atoms with Gasteiger partial charge >= 0.3 is 0 Å². The molecular formula is C14H17Cl2NO2. The smallest absolute Gasteiger partial charge is 0.256 e. The number of nitrogens with zero attached hydrogens (tertiary/aromatic N) is 1. The molecule has 1 fully saturated rings. The quantitative estimate of drug-likeness (QED) is 0.852. The molecule has 1 aliphatic rings. The molecule has 0 aromatic heterocycles. The molecule has 104 valence electrons. The van der Waals surface area contributed by atoms with Gasteiger partial charge in [0.2, 0.25) is 0 Å². The Kier molecular flexibility index (Phi) is 5.08. The number of amides is 1. The number of hydrogen-bond donors (Lipinski definition) is 0. The minimum atomic E-state index is -0.677. The molecule has 0 aliphatic carbocycles. The molecule has 1 aromatic rings. The van der Waals surface area contributed by atoms with Crippen LogP contribution >= 0.6 is 23.2 Å². The van der Waals surface area contributed by atoms with Gasteiger partial charge in [-0.15, -0.1) is 0 Å². The molecule has 3 nitrogen and oxygen atoms in total. The zero-order valence-electron chi connectivity index (χ0n) is 10.9. The second-order valence-electron chi connectivity index (χ2n) is 4.67.